The number of nitrogens with zero attached hydrogens (tertiary/aromatic N) is 2. The van der Waals surface area contributed by atoms with Crippen LogP contribution >= 0.6 is 46.3 Å². The lowest BCUT2D eigenvalue weighted by Crippen LogP contribution is -2.12. The van der Waals surface area contributed by atoms with E-state index >= 15 is 0 Å². The first-order valence-corrected chi connectivity index (χ1v) is 8.81. The van der Waals surface area contributed by atoms with Crippen molar-refractivity contribution in [2.24, 2.45) is 0 Å². The quantitative estimate of drug-likeness (QED) is 0.608. The van der Waals surface area contributed by atoms with Gasteiger partial charge >= 0.3 is 4.87 Å². The molecule has 0 aliphatic heterocycles. The molecule has 1 saturated carbocycles. The predicted molar refractivity (Wildman–Crippen MR) is 89.3 cm³/mol. The number of aromatic nitrogens is 2. The summed E-state index contributed by atoms with van der Waals surface area (Å²) in [4.78, 5) is 12.8. The van der Waals surface area contributed by atoms with Crippen LogP contribution in [0.1, 0.15) is 23.8 Å². The van der Waals surface area contributed by atoms with Crippen LogP contribution in [0.5, 0.6) is 0 Å². The summed E-state index contributed by atoms with van der Waals surface area (Å²) in [5.41, 5.74) is 0.550. The third kappa shape index (κ3) is 3.14. The topological polar surface area (TPSA) is 34.9 Å². The lowest BCUT2D eigenvalue weighted by Gasteiger charge is -2.08. The number of hydrogen-bond acceptors (Lipinski definition) is 4. The fraction of sp³-hybridized carbons (Fsp3) is 0.286. The smallest absolute Gasteiger partial charge is 0.255 e. The largest absolute Gasteiger partial charge is 0.329 e. The van der Waals surface area contributed by atoms with Crippen molar-refractivity contribution < 1.29 is 0 Å². The molecule has 0 atom stereocenters. The molecule has 0 bridgehead atoms. The Bertz CT molecular complexity index is 787. The van der Waals surface area contributed by atoms with E-state index in [1.54, 1.807) is 12.1 Å². The van der Waals surface area contributed by atoms with E-state index in [9.17, 15) is 4.79 Å². The van der Waals surface area contributed by atoms with Gasteiger partial charge in [-0.2, -0.15) is 9.78 Å². The second-order valence-electron chi connectivity index (χ2n) is 4.62. The Labute approximate surface area is 140 Å². The van der Waals surface area contributed by atoms with Crippen LogP contribution in [0.3, 0.4) is 0 Å². The number of thioether (sulfide) groups is 1. The van der Waals surface area contributed by atoms with Gasteiger partial charge in [0.1, 0.15) is 5.01 Å². The number of benzene rings is 1. The molecule has 0 unspecified atom stereocenters. The van der Waals surface area contributed by atoms with Gasteiger partial charge in [0.2, 0.25) is 0 Å². The zero-order chi connectivity index (χ0) is 15.0. The van der Waals surface area contributed by atoms with Crippen LogP contribution in [-0.4, -0.2) is 15.5 Å². The summed E-state index contributed by atoms with van der Waals surface area (Å²) in [5, 5.41) is 6.20. The molecule has 1 aliphatic rings. The average Bonchev–Trinajstić information content (AvgIpc) is 3.22. The molecule has 3 rings (SSSR count). The highest BCUT2D eigenvalue weighted by atomic mass is 35.5. The number of halogens is 2. The van der Waals surface area contributed by atoms with Gasteiger partial charge in [0, 0.05) is 10.8 Å². The molecule has 3 nitrogen and oxygen atoms in total. The fourth-order valence-electron chi connectivity index (χ4n) is 1.85. The molecule has 0 saturated heterocycles. The second kappa shape index (κ2) is 6.05. The third-order valence-corrected chi connectivity index (χ3v) is 5.69. The minimum atomic E-state index is -0.131. The lowest BCUT2D eigenvalue weighted by atomic mass is 10.3. The van der Waals surface area contributed by atoms with Crippen molar-refractivity contribution >= 4 is 46.3 Å². The molecule has 2 aromatic rings. The normalized spacial score (nSPS) is 14.1. The predicted octanol–water partition coefficient (Wildman–Crippen LogP) is 4.20. The SMILES string of the molecule is C#CCSc1cc(-n2nc(C3CC3)sc2=O)c(Cl)cc1Cl. The highest BCUT2D eigenvalue weighted by Gasteiger charge is 2.28. The minimum Gasteiger partial charge on any atom is -0.255 e. The van der Waals surface area contributed by atoms with Gasteiger partial charge in [-0.1, -0.05) is 40.5 Å². The van der Waals surface area contributed by atoms with Gasteiger partial charge in [-0.15, -0.1) is 18.2 Å². The van der Waals surface area contributed by atoms with Crippen LogP contribution in [0.4, 0.5) is 0 Å². The Morgan fingerprint density at radius 2 is 2.19 bits per heavy atom. The van der Waals surface area contributed by atoms with Gasteiger partial charge in [0.15, 0.2) is 0 Å². The fourth-order valence-corrected chi connectivity index (χ4v) is 4.04. The van der Waals surface area contributed by atoms with Crippen LogP contribution in [0.25, 0.3) is 5.69 Å². The zero-order valence-corrected chi connectivity index (χ0v) is 14.0. The Kier molecular flexibility index (Phi) is 4.32. The highest BCUT2D eigenvalue weighted by Crippen LogP contribution is 2.40. The Morgan fingerprint density at radius 1 is 1.43 bits per heavy atom. The minimum absolute atomic E-state index is 0.131. The molecule has 108 valence electrons. The van der Waals surface area contributed by atoms with Gasteiger partial charge in [-0.25, -0.2) is 0 Å². The molecule has 1 fully saturated rings. The van der Waals surface area contributed by atoms with Gasteiger partial charge in [-0.05, 0) is 25.0 Å². The second-order valence-corrected chi connectivity index (χ2v) is 7.42. The molecule has 7 heteroatoms. The average molecular weight is 357 g/mol. The summed E-state index contributed by atoms with van der Waals surface area (Å²) in [6.45, 7) is 0. The number of rotatable bonds is 4. The molecule has 1 aliphatic carbocycles. The maximum absolute atomic E-state index is 12.1. The molecule has 0 N–H and O–H groups in total. The van der Waals surface area contributed by atoms with E-state index in [2.05, 4.69) is 11.0 Å². The van der Waals surface area contributed by atoms with Gasteiger partial charge in [0.25, 0.3) is 0 Å². The summed E-state index contributed by atoms with van der Waals surface area (Å²) < 4.78 is 1.36. The molecule has 0 spiro atoms. The number of terminal acetylenes is 1. The van der Waals surface area contributed by atoms with Crippen molar-refractivity contribution in [2.75, 3.05) is 5.75 Å². The third-order valence-electron chi connectivity index (χ3n) is 3.03. The zero-order valence-electron chi connectivity index (χ0n) is 10.8. The summed E-state index contributed by atoms with van der Waals surface area (Å²) in [5.74, 6) is 3.48. The van der Waals surface area contributed by atoms with E-state index in [4.69, 9.17) is 29.6 Å². The van der Waals surface area contributed by atoms with Crippen LogP contribution in [0, 0.1) is 12.3 Å². The first kappa shape index (κ1) is 15.0. The molecule has 1 aromatic heterocycles. The lowest BCUT2D eigenvalue weighted by molar-refractivity contribution is 0.814. The van der Waals surface area contributed by atoms with Gasteiger partial charge < -0.3 is 0 Å². The van der Waals surface area contributed by atoms with E-state index in [0.29, 0.717) is 27.4 Å². The van der Waals surface area contributed by atoms with Crippen molar-refractivity contribution in [3.8, 4) is 18.0 Å². The summed E-state index contributed by atoms with van der Waals surface area (Å²) in [6.07, 6.45) is 7.47. The Balaban J connectivity index is 2.05. The van der Waals surface area contributed by atoms with Crippen molar-refractivity contribution in [1.82, 2.24) is 9.78 Å². The maximum atomic E-state index is 12.1. The van der Waals surface area contributed by atoms with Crippen molar-refractivity contribution in [1.29, 1.82) is 0 Å². The summed E-state index contributed by atoms with van der Waals surface area (Å²) in [6, 6.07) is 3.39. The molecular formula is C14H10Cl2N2OS2. The first-order valence-electron chi connectivity index (χ1n) is 6.26. The van der Waals surface area contributed by atoms with E-state index in [-0.39, 0.29) is 4.87 Å². The van der Waals surface area contributed by atoms with Crippen molar-refractivity contribution in [3.05, 3.63) is 36.9 Å². The standard InChI is InChI=1S/C14H10Cl2N2OS2/c1-2-5-20-12-7-11(9(15)6-10(12)16)18-14(19)21-13(17-18)8-3-4-8/h1,6-8H,3-5H2. The Hall–Kier alpha value is -0.930. The van der Waals surface area contributed by atoms with Gasteiger partial charge in [0.05, 0.1) is 21.5 Å². The maximum Gasteiger partial charge on any atom is 0.329 e. The van der Waals surface area contributed by atoms with Crippen molar-refractivity contribution in [3.63, 3.8) is 0 Å². The van der Waals surface area contributed by atoms with Crippen LogP contribution in [0.2, 0.25) is 10.0 Å². The van der Waals surface area contributed by atoms with Crippen LogP contribution in [-0.2, 0) is 0 Å². The Morgan fingerprint density at radius 3 is 2.86 bits per heavy atom. The molecule has 1 heterocycles. The molecule has 1 aromatic carbocycles. The molecule has 0 amide bonds. The monoisotopic (exact) mass is 356 g/mol. The summed E-state index contributed by atoms with van der Waals surface area (Å²) >= 11 is 15.0. The molecule has 21 heavy (non-hydrogen) atoms. The van der Waals surface area contributed by atoms with E-state index in [1.165, 1.54) is 27.8 Å². The van der Waals surface area contributed by atoms with Crippen LogP contribution < -0.4 is 4.87 Å². The summed E-state index contributed by atoms with van der Waals surface area (Å²) in [7, 11) is 0. The molecular weight excluding hydrogens is 347 g/mol. The highest BCUT2D eigenvalue weighted by molar-refractivity contribution is 7.99. The van der Waals surface area contributed by atoms with Crippen molar-refractivity contribution in [2.45, 2.75) is 23.7 Å². The molecule has 0 radical (unpaired) electrons. The van der Waals surface area contributed by atoms with E-state index in [0.717, 1.165) is 22.7 Å². The van der Waals surface area contributed by atoms with E-state index in [1.807, 2.05) is 0 Å². The van der Waals surface area contributed by atoms with Crippen LogP contribution in [0.15, 0.2) is 21.8 Å². The first-order chi connectivity index (χ1) is 10.1. The van der Waals surface area contributed by atoms with Gasteiger partial charge in [-0.3, -0.25) is 4.79 Å². The van der Waals surface area contributed by atoms with E-state index < -0.39 is 0 Å². The number of hydrogen-bond donors (Lipinski definition) is 0.